The van der Waals surface area contributed by atoms with Crippen molar-refractivity contribution in [3.8, 4) is 11.1 Å². The fourth-order valence-corrected chi connectivity index (χ4v) is 2.57. The molecule has 0 bridgehead atoms. The number of ether oxygens (including phenoxy) is 1. The largest absolute Gasteiger partial charge is 0.472 e. The second-order valence-electron chi connectivity index (χ2n) is 7.80. The van der Waals surface area contributed by atoms with Crippen molar-refractivity contribution >= 4 is 17.8 Å². The summed E-state index contributed by atoms with van der Waals surface area (Å²) in [4.78, 5) is 30.4. The molecule has 27 heavy (non-hydrogen) atoms. The molecule has 0 saturated heterocycles. The second kappa shape index (κ2) is 7.42. The maximum Gasteiger partial charge on any atom is 0.410 e. The van der Waals surface area contributed by atoms with E-state index in [1.807, 2.05) is 32.9 Å². The molecule has 1 aliphatic rings. The molecule has 2 heterocycles. The van der Waals surface area contributed by atoms with Gasteiger partial charge in [-0.25, -0.2) is 9.78 Å². The number of carbonyl (C=O) groups is 2. The highest BCUT2D eigenvalue weighted by Crippen LogP contribution is 2.31. The molecular weight excluding hydrogens is 346 g/mol. The molecular formula is C20H25N3O4. The average Bonchev–Trinajstić information content (AvgIpc) is 3.29. The lowest BCUT2D eigenvalue weighted by atomic mass is 10.1. The Morgan fingerprint density at radius 2 is 2.04 bits per heavy atom. The fourth-order valence-electron chi connectivity index (χ4n) is 2.57. The average molecular weight is 371 g/mol. The van der Waals surface area contributed by atoms with Crippen molar-refractivity contribution in [3.05, 3.63) is 36.4 Å². The zero-order chi connectivity index (χ0) is 19.6. The van der Waals surface area contributed by atoms with E-state index in [9.17, 15) is 9.59 Å². The number of anilines is 1. The molecule has 7 nitrogen and oxygen atoms in total. The monoisotopic (exact) mass is 371 g/mol. The Kier molecular flexibility index (Phi) is 5.21. The molecule has 0 aromatic carbocycles. The predicted octanol–water partition coefficient (Wildman–Crippen LogP) is 4.06. The standard InChI is InChI=1S/C20H25N3O4/c1-20(2,3)27-19(25)23(4)11-16-15(14-9-10-26-12-14)7-8-17(21-16)22-18(24)13-5-6-13/h7-10,12-13H,5-6,11H2,1-4H3,(H,21,22,24). The van der Waals surface area contributed by atoms with E-state index >= 15 is 0 Å². The van der Waals surface area contributed by atoms with Crippen LogP contribution in [-0.2, 0) is 16.1 Å². The van der Waals surface area contributed by atoms with E-state index in [1.54, 1.807) is 25.6 Å². The Hall–Kier alpha value is -2.83. The van der Waals surface area contributed by atoms with E-state index < -0.39 is 11.7 Å². The first-order valence-electron chi connectivity index (χ1n) is 9.00. The van der Waals surface area contributed by atoms with Gasteiger partial charge in [-0.15, -0.1) is 0 Å². The van der Waals surface area contributed by atoms with Crippen LogP contribution in [0.2, 0.25) is 0 Å². The highest BCUT2D eigenvalue weighted by molar-refractivity contribution is 5.93. The molecule has 2 amide bonds. The number of rotatable bonds is 5. The number of furan rings is 1. The lowest BCUT2D eigenvalue weighted by molar-refractivity contribution is -0.117. The number of hydrogen-bond donors (Lipinski definition) is 1. The van der Waals surface area contributed by atoms with Crippen molar-refractivity contribution in [2.45, 2.75) is 45.8 Å². The third-order valence-electron chi connectivity index (χ3n) is 4.10. The van der Waals surface area contributed by atoms with Crippen molar-refractivity contribution in [1.29, 1.82) is 0 Å². The van der Waals surface area contributed by atoms with Crippen LogP contribution in [0, 0.1) is 5.92 Å². The summed E-state index contributed by atoms with van der Waals surface area (Å²) in [6.07, 6.45) is 4.62. The minimum atomic E-state index is -0.577. The van der Waals surface area contributed by atoms with Crippen molar-refractivity contribution in [1.82, 2.24) is 9.88 Å². The fraction of sp³-hybridized carbons (Fsp3) is 0.450. The molecule has 2 aromatic rings. The van der Waals surface area contributed by atoms with E-state index in [-0.39, 0.29) is 18.4 Å². The lowest BCUT2D eigenvalue weighted by Crippen LogP contribution is -2.34. The van der Waals surface area contributed by atoms with Gasteiger partial charge in [0.1, 0.15) is 11.4 Å². The van der Waals surface area contributed by atoms with E-state index in [0.29, 0.717) is 11.5 Å². The topological polar surface area (TPSA) is 84.7 Å². The maximum atomic E-state index is 12.3. The highest BCUT2D eigenvalue weighted by atomic mass is 16.6. The van der Waals surface area contributed by atoms with E-state index in [4.69, 9.17) is 9.15 Å². The first-order valence-corrected chi connectivity index (χ1v) is 9.00. The van der Waals surface area contributed by atoms with Gasteiger partial charge in [-0.2, -0.15) is 0 Å². The van der Waals surface area contributed by atoms with Crippen molar-refractivity contribution in [2.24, 2.45) is 5.92 Å². The van der Waals surface area contributed by atoms with Gasteiger partial charge in [-0.05, 0) is 51.8 Å². The number of nitrogens with zero attached hydrogens (tertiary/aromatic N) is 2. The minimum Gasteiger partial charge on any atom is -0.472 e. The minimum absolute atomic E-state index is 0.00925. The zero-order valence-electron chi connectivity index (χ0n) is 16.1. The van der Waals surface area contributed by atoms with Crippen LogP contribution in [0.4, 0.5) is 10.6 Å². The summed E-state index contributed by atoms with van der Waals surface area (Å²) in [5, 5.41) is 2.85. The van der Waals surface area contributed by atoms with E-state index in [2.05, 4.69) is 10.3 Å². The van der Waals surface area contributed by atoms with E-state index in [1.165, 1.54) is 4.90 Å². The van der Waals surface area contributed by atoms with Crippen LogP contribution in [0.5, 0.6) is 0 Å². The highest BCUT2D eigenvalue weighted by Gasteiger charge is 2.30. The van der Waals surface area contributed by atoms with Gasteiger partial charge in [0, 0.05) is 24.1 Å². The lowest BCUT2D eigenvalue weighted by Gasteiger charge is -2.25. The maximum absolute atomic E-state index is 12.3. The third kappa shape index (κ3) is 5.09. The number of carbonyl (C=O) groups excluding carboxylic acids is 2. The Labute approximate surface area is 158 Å². The third-order valence-corrected chi connectivity index (χ3v) is 4.10. The van der Waals surface area contributed by atoms with Crippen LogP contribution in [0.15, 0.2) is 35.1 Å². The normalized spacial score (nSPS) is 13.9. The quantitative estimate of drug-likeness (QED) is 0.857. The molecule has 0 atom stereocenters. The molecule has 1 fully saturated rings. The first kappa shape index (κ1) is 18.9. The van der Waals surface area contributed by atoms with Crippen molar-refractivity contribution < 1.29 is 18.7 Å². The summed E-state index contributed by atoms with van der Waals surface area (Å²) < 4.78 is 10.6. The van der Waals surface area contributed by atoms with Crippen molar-refractivity contribution in [2.75, 3.05) is 12.4 Å². The van der Waals surface area contributed by atoms with Gasteiger partial charge in [-0.1, -0.05) is 0 Å². The number of nitrogens with one attached hydrogen (secondary N) is 1. The summed E-state index contributed by atoms with van der Waals surface area (Å²) in [7, 11) is 1.66. The van der Waals surface area contributed by atoms with Gasteiger partial charge in [0.05, 0.1) is 24.8 Å². The molecule has 2 aromatic heterocycles. The Balaban J connectivity index is 1.83. The molecule has 3 rings (SSSR count). The Bertz CT molecular complexity index is 820. The van der Waals surface area contributed by atoms with Gasteiger partial charge >= 0.3 is 6.09 Å². The molecule has 1 aliphatic carbocycles. The van der Waals surface area contributed by atoms with Gasteiger partial charge in [0.2, 0.25) is 5.91 Å². The summed E-state index contributed by atoms with van der Waals surface area (Å²) in [6, 6.07) is 5.47. The van der Waals surface area contributed by atoms with Crippen LogP contribution in [0.3, 0.4) is 0 Å². The summed E-state index contributed by atoms with van der Waals surface area (Å²) >= 11 is 0. The predicted molar refractivity (Wildman–Crippen MR) is 101 cm³/mol. The summed E-state index contributed by atoms with van der Waals surface area (Å²) in [6.45, 7) is 5.70. The van der Waals surface area contributed by atoms with Gasteiger partial charge in [0.25, 0.3) is 0 Å². The van der Waals surface area contributed by atoms with Gasteiger partial charge < -0.3 is 19.4 Å². The molecule has 0 unspecified atom stereocenters. The zero-order valence-corrected chi connectivity index (χ0v) is 16.1. The number of amides is 2. The molecule has 1 N–H and O–H groups in total. The summed E-state index contributed by atoms with van der Waals surface area (Å²) in [5.41, 5.74) is 1.77. The second-order valence-corrected chi connectivity index (χ2v) is 7.80. The van der Waals surface area contributed by atoms with Crippen molar-refractivity contribution in [3.63, 3.8) is 0 Å². The van der Waals surface area contributed by atoms with Gasteiger partial charge in [-0.3, -0.25) is 4.79 Å². The van der Waals surface area contributed by atoms with Crippen LogP contribution >= 0.6 is 0 Å². The number of pyridine rings is 1. The van der Waals surface area contributed by atoms with Crippen LogP contribution in [-0.4, -0.2) is 34.5 Å². The molecule has 7 heteroatoms. The molecule has 1 saturated carbocycles. The summed E-state index contributed by atoms with van der Waals surface area (Å²) in [5.74, 6) is 0.560. The van der Waals surface area contributed by atoms with Gasteiger partial charge in [0.15, 0.2) is 0 Å². The smallest absolute Gasteiger partial charge is 0.410 e. The Morgan fingerprint density at radius 1 is 1.30 bits per heavy atom. The van der Waals surface area contributed by atoms with E-state index in [0.717, 1.165) is 24.0 Å². The molecule has 0 aliphatic heterocycles. The molecule has 144 valence electrons. The molecule has 0 spiro atoms. The Morgan fingerprint density at radius 3 is 2.63 bits per heavy atom. The van der Waals surface area contributed by atoms with Crippen LogP contribution < -0.4 is 5.32 Å². The SMILES string of the molecule is CN(Cc1nc(NC(=O)C2CC2)ccc1-c1ccoc1)C(=O)OC(C)(C)C. The first-order chi connectivity index (χ1) is 12.7. The number of hydrogen-bond acceptors (Lipinski definition) is 5. The van der Waals surface area contributed by atoms with Crippen LogP contribution in [0.25, 0.3) is 11.1 Å². The molecule has 0 radical (unpaired) electrons. The number of aromatic nitrogens is 1. The van der Waals surface area contributed by atoms with Crippen LogP contribution in [0.1, 0.15) is 39.3 Å².